The second-order valence-electron chi connectivity index (χ2n) is 7.08. The number of amides is 1. The minimum Gasteiger partial charge on any atom is -0.486 e. The number of ether oxygens (including phenoxy) is 2. The van der Waals surface area contributed by atoms with E-state index in [9.17, 15) is 4.79 Å². The highest BCUT2D eigenvalue weighted by Gasteiger charge is 2.21. The summed E-state index contributed by atoms with van der Waals surface area (Å²) in [6.07, 6.45) is 5.70. The van der Waals surface area contributed by atoms with E-state index in [4.69, 9.17) is 9.47 Å². The van der Waals surface area contributed by atoms with Crippen molar-refractivity contribution >= 4 is 5.91 Å². The Kier molecular flexibility index (Phi) is 7.18. The van der Waals surface area contributed by atoms with Crippen LogP contribution in [0.2, 0.25) is 0 Å². The van der Waals surface area contributed by atoms with E-state index in [1.54, 1.807) is 0 Å². The van der Waals surface area contributed by atoms with Crippen molar-refractivity contribution in [2.24, 2.45) is 0 Å². The van der Waals surface area contributed by atoms with Crippen molar-refractivity contribution in [2.45, 2.75) is 38.5 Å². The molecule has 0 N–H and O–H groups in total. The van der Waals surface area contributed by atoms with Crippen molar-refractivity contribution in [1.82, 2.24) is 9.80 Å². The number of para-hydroxylation sites is 1. The number of fused-ring (bicyclic) bond motifs is 1. The summed E-state index contributed by atoms with van der Waals surface area (Å²) in [5, 5.41) is 0. The van der Waals surface area contributed by atoms with E-state index in [2.05, 4.69) is 17.9 Å². The molecule has 1 aromatic rings. The highest BCUT2D eigenvalue weighted by atomic mass is 16.6. The van der Waals surface area contributed by atoms with Crippen molar-refractivity contribution in [3.8, 4) is 11.5 Å². The molecule has 1 amide bonds. The van der Waals surface area contributed by atoms with E-state index in [0.717, 1.165) is 76.3 Å². The predicted molar refractivity (Wildman–Crippen MR) is 103 cm³/mol. The molecule has 0 atom stereocenters. The third-order valence-electron chi connectivity index (χ3n) is 5.18. The standard InChI is InChI=1S/C21H31N2O3/c1-2-3-4-10-20(24)23-14-12-22(13-15-23)11-6-8-18-7-5-9-19-21(18)26-17-16-25-19/h5,7,9H,1-4,6,8,10-17H2. The van der Waals surface area contributed by atoms with Gasteiger partial charge in [-0.15, -0.1) is 0 Å². The molecule has 1 saturated heterocycles. The smallest absolute Gasteiger partial charge is 0.222 e. The molecule has 1 fully saturated rings. The van der Waals surface area contributed by atoms with Crippen LogP contribution in [-0.2, 0) is 11.2 Å². The van der Waals surface area contributed by atoms with Crippen LogP contribution in [0.15, 0.2) is 18.2 Å². The summed E-state index contributed by atoms with van der Waals surface area (Å²) in [7, 11) is 0. The lowest BCUT2D eigenvalue weighted by molar-refractivity contribution is -0.133. The lowest BCUT2D eigenvalue weighted by atomic mass is 10.1. The zero-order valence-electron chi connectivity index (χ0n) is 15.8. The molecule has 1 radical (unpaired) electrons. The van der Waals surface area contributed by atoms with E-state index < -0.39 is 0 Å². The van der Waals surface area contributed by atoms with Crippen LogP contribution in [0.3, 0.4) is 0 Å². The van der Waals surface area contributed by atoms with Gasteiger partial charge in [0, 0.05) is 32.6 Å². The second kappa shape index (κ2) is 9.81. The van der Waals surface area contributed by atoms with Crippen LogP contribution >= 0.6 is 0 Å². The summed E-state index contributed by atoms with van der Waals surface area (Å²) < 4.78 is 11.4. The fraction of sp³-hybridized carbons (Fsp3) is 0.619. The zero-order chi connectivity index (χ0) is 18.2. The summed E-state index contributed by atoms with van der Waals surface area (Å²) in [4.78, 5) is 16.7. The Labute approximate surface area is 157 Å². The summed E-state index contributed by atoms with van der Waals surface area (Å²) in [6.45, 7) is 9.85. The Morgan fingerprint density at radius 1 is 1.04 bits per heavy atom. The topological polar surface area (TPSA) is 42.0 Å². The van der Waals surface area contributed by atoms with Gasteiger partial charge in [0.2, 0.25) is 5.91 Å². The molecule has 2 aliphatic rings. The number of aryl methyl sites for hydroxylation is 1. The van der Waals surface area contributed by atoms with Crippen LogP contribution in [0.1, 0.15) is 37.7 Å². The highest BCUT2D eigenvalue weighted by molar-refractivity contribution is 5.76. The third kappa shape index (κ3) is 5.13. The van der Waals surface area contributed by atoms with Gasteiger partial charge in [-0.3, -0.25) is 9.69 Å². The fourth-order valence-corrected chi connectivity index (χ4v) is 3.66. The molecule has 0 aliphatic carbocycles. The Morgan fingerprint density at radius 3 is 2.65 bits per heavy atom. The number of rotatable bonds is 8. The minimum atomic E-state index is 0.311. The fourth-order valence-electron chi connectivity index (χ4n) is 3.66. The maximum Gasteiger partial charge on any atom is 0.222 e. The Bertz CT molecular complexity index is 583. The van der Waals surface area contributed by atoms with Crippen LogP contribution in [0.5, 0.6) is 11.5 Å². The molecule has 0 spiro atoms. The molecule has 0 bridgehead atoms. The number of carbonyl (C=O) groups excluding carboxylic acids is 1. The van der Waals surface area contributed by atoms with Crippen LogP contribution < -0.4 is 9.47 Å². The van der Waals surface area contributed by atoms with Gasteiger partial charge in [-0.05, 0) is 37.4 Å². The molecule has 0 saturated carbocycles. The lowest BCUT2D eigenvalue weighted by Crippen LogP contribution is -2.48. The Morgan fingerprint density at radius 2 is 1.85 bits per heavy atom. The first-order valence-electron chi connectivity index (χ1n) is 9.95. The number of piperazine rings is 1. The molecule has 2 aliphatic heterocycles. The molecule has 5 heteroatoms. The van der Waals surface area contributed by atoms with E-state index in [1.165, 1.54) is 5.56 Å². The first kappa shape index (κ1) is 19.0. The molecule has 0 aromatic heterocycles. The largest absolute Gasteiger partial charge is 0.486 e. The Hall–Kier alpha value is -1.75. The van der Waals surface area contributed by atoms with Crippen LogP contribution in [0.4, 0.5) is 0 Å². The maximum atomic E-state index is 12.2. The normalized spacial score (nSPS) is 17.3. The summed E-state index contributed by atoms with van der Waals surface area (Å²) >= 11 is 0. The van der Waals surface area contributed by atoms with Gasteiger partial charge in [-0.1, -0.05) is 31.9 Å². The predicted octanol–water partition coefficient (Wildman–Crippen LogP) is 2.93. The monoisotopic (exact) mass is 359 g/mol. The first-order valence-corrected chi connectivity index (χ1v) is 9.95. The Balaban J connectivity index is 1.37. The summed E-state index contributed by atoms with van der Waals surface area (Å²) in [5.41, 5.74) is 1.24. The van der Waals surface area contributed by atoms with Crippen LogP contribution in [0, 0.1) is 6.92 Å². The van der Waals surface area contributed by atoms with E-state index in [-0.39, 0.29) is 0 Å². The van der Waals surface area contributed by atoms with Gasteiger partial charge in [-0.2, -0.15) is 0 Å². The number of unbranched alkanes of at least 4 members (excludes halogenated alkanes) is 2. The summed E-state index contributed by atoms with van der Waals surface area (Å²) in [5.74, 6) is 2.11. The molecule has 143 valence electrons. The molecule has 0 unspecified atom stereocenters. The van der Waals surface area contributed by atoms with Crippen LogP contribution in [0.25, 0.3) is 0 Å². The highest BCUT2D eigenvalue weighted by Crippen LogP contribution is 2.34. The molecule has 1 aromatic carbocycles. The van der Waals surface area contributed by atoms with Crippen LogP contribution in [-0.4, -0.2) is 61.6 Å². The van der Waals surface area contributed by atoms with Gasteiger partial charge in [0.05, 0.1) is 0 Å². The molecule has 3 rings (SSSR count). The minimum absolute atomic E-state index is 0.311. The SMILES string of the molecule is [CH2]CCCCC(=O)N1CCN(CCCc2cccc3c2OCCO3)CC1. The van der Waals surface area contributed by atoms with Crippen molar-refractivity contribution in [1.29, 1.82) is 0 Å². The van der Waals surface area contributed by atoms with Gasteiger partial charge in [0.15, 0.2) is 11.5 Å². The van der Waals surface area contributed by atoms with Gasteiger partial charge < -0.3 is 14.4 Å². The second-order valence-corrected chi connectivity index (χ2v) is 7.08. The van der Waals surface area contributed by atoms with E-state index in [1.807, 2.05) is 17.0 Å². The maximum absolute atomic E-state index is 12.2. The molecule has 5 nitrogen and oxygen atoms in total. The van der Waals surface area contributed by atoms with Gasteiger partial charge in [0.1, 0.15) is 13.2 Å². The lowest BCUT2D eigenvalue weighted by Gasteiger charge is -2.35. The van der Waals surface area contributed by atoms with Gasteiger partial charge in [0.25, 0.3) is 0 Å². The average Bonchev–Trinajstić information content (AvgIpc) is 2.69. The van der Waals surface area contributed by atoms with Gasteiger partial charge >= 0.3 is 0 Å². The molecule has 2 heterocycles. The van der Waals surface area contributed by atoms with Gasteiger partial charge in [-0.25, -0.2) is 0 Å². The number of carbonyl (C=O) groups is 1. The number of nitrogens with zero attached hydrogens (tertiary/aromatic N) is 2. The van der Waals surface area contributed by atoms with E-state index >= 15 is 0 Å². The van der Waals surface area contributed by atoms with E-state index in [0.29, 0.717) is 25.5 Å². The van der Waals surface area contributed by atoms with Crippen molar-refractivity contribution < 1.29 is 14.3 Å². The van der Waals surface area contributed by atoms with Crippen molar-refractivity contribution in [3.05, 3.63) is 30.7 Å². The van der Waals surface area contributed by atoms with Crippen molar-refractivity contribution in [3.63, 3.8) is 0 Å². The summed E-state index contributed by atoms with van der Waals surface area (Å²) in [6, 6.07) is 6.16. The molecular weight excluding hydrogens is 328 g/mol. The quantitative estimate of drug-likeness (QED) is 0.669. The molecular formula is C21H31N2O3. The molecule has 26 heavy (non-hydrogen) atoms. The zero-order valence-corrected chi connectivity index (χ0v) is 15.8. The first-order chi connectivity index (χ1) is 12.8. The van der Waals surface area contributed by atoms with Crippen molar-refractivity contribution in [2.75, 3.05) is 45.9 Å². The average molecular weight is 359 g/mol. The number of hydrogen-bond acceptors (Lipinski definition) is 4. The third-order valence-corrected chi connectivity index (χ3v) is 5.18. The number of benzene rings is 1. The number of hydrogen-bond donors (Lipinski definition) is 0.